The number of anilines is 8. The van der Waals surface area contributed by atoms with Crippen molar-refractivity contribution in [2.75, 3.05) is 82.8 Å². The number of hydrogen-bond donors (Lipinski definition) is 12. The number of hydrogen-bond acceptors (Lipinski definition) is 20. The van der Waals surface area contributed by atoms with Gasteiger partial charge in [-0.05, 0) is 74.2 Å². The number of aliphatic carboxylic acids is 4. The first-order chi connectivity index (χ1) is 31.3. The summed E-state index contributed by atoms with van der Waals surface area (Å²) in [5, 5.41) is 56.7. The van der Waals surface area contributed by atoms with Gasteiger partial charge in [0.2, 0.25) is 11.9 Å². The Morgan fingerprint density at radius 3 is 1.33 bits per heavy atom. The zero-order valence-corrected chi connectivity index (χ0v) is 37.6. The summed E-state index contributed by atoms with van der Waals surface area (Å²) in [6.07, 6.45) is -1.52. The molecule has 2 aromatic carbocycles. The fraction of sp³-hybridized carbons (Fsp3) is 0.350. The van der Waals surface area contributed by atoms with E-state index >= 15 is 0 Å². The number of nitrogens with two attached hydrogens (primary N) is 2. The van der Waals surface area contributed by atoms with Gasteiger partial charge in [-0.15, -0.1) is 0 Å². The van der Waals surface area contributed by atoms with Gasteiger partial charge in [0, 0.05) is 74.7 Å². The molecule has 0 fully saturated rings. The SMILES string of the molecule is CN1c2c(nc(N)[nH]c2=O)NC[C@@H]1CNc1ccc(C(=O)NC(CCC(=O)[O-])C(=O)O)cc1.CN1c2c(nc(N)[nH]c2=O)NC[C@@H]1CNc1ccc(C(=O)NC(CCC(=O)[O-])C(=O)O)cc1.[Mg+2]. The van der Waals surface area contributed by atoms with E-state index < -0.39 is 60.6 Å². The zero-order chi connectivity index (χ0) is 48.2. The fourth-order valence-electron chi connectivity index (χ4n) is 6.83. The fourth-order valence-corrected chi connectivity index (χ4v) is 6.83. The van der Waals surface area contributed by atoms with E-state index in [0.29, 0.717) is 60.6 Å². The van der Waals surface area contributed by atoms with Crippen molar-refractivity contribution in [3.8, 4) is 0 Å². The molecule has 67 heavy (non-hydrogen) atoms. The first-order valence-corrected chi connectivity index (χ1v) is 20.2. The van der Waals surface area contributed by atoms with Crippen LogP contribution in [-0.2, 0) is 19.2 Å². The van der Waals surface area contributed by atoms with Crippen LogP contribution in [0.4, 0.5) is 46.3 Å². The molecule has 27 heteroatoms. The van der Waals surface area contributed by atoms with E-state index in [1.54, 1.807) is 38.4 Å². The molecule has 0 aliphatic carbocycles. The summed E-state index contributed by atoms with van der Waals surface area (Å²) in [6.45, 7) is 2.00. The van der Waals surface area contributed by atoms with Gasteiger partial charge in [0.1, 0.15) is 23.5 Å². The molecule has 4 heterocycles. The van der Waals surface area contributed by atoms with Crippen LogP contribution in [0.5, 0.6) is 0 Å². The number of nitrogens with one attached hydrogen (secondary N) is 8. The summed E-state index contributed by atoms with van der Waals surface area (Å²) in [5.74, 6) is -5.79. The maximum absolute atomic E-state index is 12.3. The van der Waals surface area contributed by atoms with Gasteiger partial charge in [-0.3, -0.25) is 29.1 Å². The first kappa shape index (κ1) is 51.8. The maximum Gasteiger partial charge on any atom is 2.00 e. The van der Waals surface area contributed by atoms with E-state index in [0.717, 1.165) is 0 Å². The smallest absolute Gasteiger partial charge is 0.550 e. The minimum Gasteiger partial charge on any atom is -0.550 e. The quantitative estimate of drug-likeness (QED) is 0.0429. The molecule has 4 atom stereocenters. The van der Waals surface area contributed by atoms with Crippen LogP contribution < -0.4 is 74.5 Å². The molecule has 2 amide bonds. The van der Waals surface area contributed by atoms with Gasteiger partial charge < -0.3 is 83.2 Å². The van der Waals surface area contributed by atoms with Crippen LogP contribution in [0.2, 0.25) is 0 Å². The Labute approximate surface area is 396 Å². The van der Waals surface area contributed by atoms with Gasteiger partial charge in [-0.25, -0.2) is 9.59 Å². The minimum absolute atomic E-state index is 0. The Morgan fingerprint density at radius 2 is 1.01 bits per heavy atom. The number of benzene rings is 2. The Morgan fingerprint density at radius 1 is 0.672 bits per heavy atom. The third-order valence-electron chi connectivity index (χ3n) is 10.5. The summed E-state index contributed by atoms with van der Waals surface area (Å²) in [7, 11) is 3.57. The minimum atomic E-state index is -1.39. The molecule has 2 aromatic heterocycles. The van der Waals surface area contributed by atoms with Gasteiger partial charge in [-0.2, -0.15) is 9.97 Å². The molecule has 0 saturated carbocycles. The van der Waals surface area contributed by atoms with Crippen molar-refractivity contribution >= 4 is 105 Å². The molecule has 0 saturated heterocycles. The van der Waals surface area contributed by atoms with E-state index in [2.05, 4.69) is 51.8 Å². The largest absolute Gasteiger partial charge is 2.00 e. The molecule has 2 unspecified atom stereocenters. The van der Waals surface area contributed by atoms with Crippen molar-refractivity contribution < 1.29 is 49.2 Å². The van der Waals surface area contributed by atoms with Gasteiger partial charge >= 0.3 is 35.0 Å². The van der Waals surface area contributed by atoms with Crippen LogP contribution in [-0.4, -0.2) is 153 Å². The second kappa shape index (κ2) is 23.4. The summed E-state index contributed by atoms with van der Waals surface area (Å²) in [6, 6.07) is 9.88. The number of carbonyl (C=O) groups excluding carboxylic acids is 4. The number of fused-ring (bicyclic) bond motifs is 2. The zero-order valence-electron chi connectivity index (χ0n) is 36.2. The molecular formula is C40H48MgN14O12. The van der Waals surface area contributed by atoms with Gasteiger partial charge in [-0.1, -0.05) is 0 Å². The summed E-state index contributed by atoms with van der Waals surface area (Å²) in [5.41, 5.74) is 13.1. The topological polar surface area (TPSA) is 411 Å². The molecule has 352 valence electrons. The number of rotatable bonds is 18. The number of likely N-dealkylation sites (N-methyl/N-ethyl adjacent to an activating group) is 2. The second-order valence-electron chi connectivity index (χ2n) is 15.1. The Hall–Kier alpha value is -7.81. The number of carboxylic acid groups (broad SMARTS) is 4. The predicted molar refractivity (Wildman–Crippen MR) is 242 cm³/mol. The van der Waals surface area contributed by atoms with E-state index in [9.17, 15) is 48.6 Å². The van der Waals surface area contributed by atoms with Gasteiger partial charge in [0.05, 0.1) is 12.1 Å². The number of nitrogens with zero attached hydrogens (tertiary/aromatic N) is 4. The number of carbonyl (C=O) groups is 6. The summed E-state index contributed by atoms with van der Waals surface area (Å²) >= 11 is 0. The van der Waals surface area contributed by atoms with Crippen molar-refractivity contribution in [1.82, 2.24) is 30.6 Å². The third kappa shape index (κ3) is 14.1. The number of nitrogen functional groups attached to an aromatic ring is 2. The normalized spacial score (nSPS) is 15.4. The monoisotopic (exact) mass is 940 g/mol. The number of H-pyrrole nitrogens is 2. The van der Waals surface area contributed by atoms with Crippen molar-refractivity contribution in [2.45, 2.75) is 49.9 Å². The molecule has 2 aliphatic heterocycles. The molecule has 2 aliphatic rings. The average Bonchev–Trinajstić information content (AvgIpc) is 3.25. The molecule has 0 spiro atoms. The van der Waals surface area contributed by atoms with E-state index in [1.807, 2.05) is 9.80 Å². The standard InChI is InChI=1S/2C20H25N7O6.Mg/c2*1-27-12(9-23-16-15(27)18(31)26-20(21)25-16)8-22-11-4-2-10(3-5-11)17(30)24-13(19(32)33)6-7-14(28)29;/h2*2-5,12-13,22H,6-9H2,1H3,(H,24,30)(H,28,29)(H,32,33)(H4,21,23,25,26,31);/q;;+2/p-2/t2*12-,13?;/m00./s1. The second-order valence-corrected chi connectivity index (χ2v) is 15.1. The molecular weight excluding hydrogens is 893 g/mol. The van der Waals surface area contributed by atoms with Gasteiger partial charge in [0.25, 0.3) is 22.9 Å². The van der Waals surface area contributed by atoms with Crippen LogP contribution in [0, 0.1) is 0 Å². The number of carboxylic acids is 4. The first-order valence-electron chi connectivity index (χ1n) is 20.2. The van der Waals surface area contributed by atoms with Crippen LogP contribution in [0.3, 0.4) is 0 Å². The summed E-state index contributed by atoms with van der Waals surface area (Å²) in [4.78, 5) is 109. The van der Waals surface area contributed by atoms with Crippen molar-refractivity contribution in [3.63, 3.8) is 0 Å². The Kier molecular flexibility index (Phi) is 18.1. The molecule has 26 nitrogen and oxygen atoms in total. The van der Waals surface area contributed by atoms with Crippen LogP contribution in [0.15, 0.2) is 58.1 Å². The van der Waals surface area contributed by atoms with Gasteiger partial charge in [0.15, 0.2) is 11.6 Å². The van der Waals surface area contributed by atoms with Crippen molar-refractivity contribution in [3.05, 3.63) is 80.4 Å². The number of aromatic amines is 2. The summed E-state index contributed by atoms with van der Waals surface area (Å²) < 4.78 is 0. The Bertz CT molecular complexity index is 2380. The number of aromatic nitrogens is 4. The molecule has 0 radical (unpaired) electrons. The van der Waals surface area contributed by atoms with Crippen LogP contribution >= 0.6 is 0 Å². The average molecular weight is 941 g/mol. The third-order valence-corrected chi connectivity index (χ3v) is 10.5. The molecule has 0 bridgehead atoms. The number of amides is 2. The molecule has 4 aromatic rings. The Balaban J connectivity index is 0.000000288. The van der Waals surface area contributed by atoms with Crippen molar-refractivity contribution in [1.29, 1.82) is 0 Å². The van der Waals surface area contributed by atoms with E-state index in [-0.39, 0.29) is 82.1 Å². The van der Waals surface area contributed by atoms with Crippen LogP contribution in [0.1, 0.15) is 46.4 Å². The molecule has 6 rings (SSSR count). The van der Waals surface area contributed by atoms with Crippen LogP contribution in [0.25, 0.3) is 0 Å². The van der Waals surface area contributed by atoms with E-state index in [4.69, 9.17) is 21.7 Å². The maximum atomic E-state index is 12.3. The predicted octanol–water partition coefficient (Wildman–Crippen LogP) is -3.57. The van der Waals surface area contributed by atoms with Crippen molar-refractivity contribution in [2.24, 2.45) is 0 Å². The van der Waals surface area contributed by atoms with E-state index in [1.165, 1.54) is 24.3 Å². The molecule has 14 N–H and O–H groups in total.